The number of phenols is 1. The van der Waals surface area contributed by atoms with E-state index in [0.29, 0.717) is 41.5 Å². The first-order valence-corrected chi connectivity index (χ1v) is 33.2. The topological polar surface area (TPSA) is 543 Å². The van der Waals surface area contributed by atoms with Crippen molar-refractivity contribution in [3.63, 3.8) is 0 Å². The molecule has 95 heavy (non-hydrogen) atoms. The zero-order valence-electron chi connectivity index (χ0n) is 53.5. The monoisotopic (exact) mass is 1350 g/mol. The summed E-state index contributed by atoms with van der Waals surface area (Å²) in [6.45, 7) is 2.36. The van der Waals surface area contributed by atoms with Crippen LogP contribution in [0.4, 0.5) is 0 Å². The maximum atomic E-state index is 14.5. The number of aromatic nitrogens is 1. The number of benzene rings is 3. The minimum absolute atomic E-state index is 0.0324. The number of nitrogens with zero attached hydrogens (tertiary/aromatic N) is 2. The van der Waals surface area contributed by atoms with E-state index < -0.39 is 117 Å². The Balaban J connectivity index is 1.52. The maximum absolute atomic E-state index is 14.5. The smallest absolute Gasteiger partial charge is 0.469 e. The number of nitrogens with two attached hydrogens (primary N) is 5. The number of aliphatic imine (C=N–C) groups is 2. The van der Waals surface area contributed by atoms with E-state index in [1.54, 1.807) is 24.3 Å². The molecule has 33 heteroatoms. The average molecular weight is 1350 g/mol. The summed E-state index contributed by atoms with van der Waals surface area (Å²) < 4.78 is 16.9. The number of para-hydroxylation sites is 1. The van der Waals surface area contributed by atoms with E-state index in [9.17, 15) is 68.0 Å². The number of aromatic amines is 1. The molecule has 8 atom stereocenters. The minimum Gasteiger partial charge on any atom is -0.508 e. The molecule has 0 radical (unpaired) electrons. The van der Waals surface area contributed by atoms with Gasteiger partial charge >= 0.3 is 13.8 Å². The molecule has 25 N–H and O–H groups in total. The lowest BCUT2D eigenvalue weighted by molar-refractivity contribution is -0.143. The van der Waals surface area contributed by atoms with Crippen molar-refractivity contribution in [2.24, 2.45) is 38.7 Å². The number of hydrogen-bond acceptors (Lipinski definition) is 17. The Morgan fingerprint density at radius 2 is 1.08 bits per heavy atom. The molecule has 7 amide bonds. The van der Waals surface area contributed by atoms with E-state index in [2.05, 4.69) is 62.8 Å². The number of nitrogens with one attached hydrogen (secondary N) is 10. The zero-order chi connectivity index (χ0) is 69.7. The van der Waals surface area contributed by atoms with Gasteiger partial charge in [-0.2, -0.15) is 0 Å². The molecule has 0 unspecified atom stereocenters. The van der Waals surface area contributed by atoms with Crippen LogP contribution in [0.25, 0.3) is 10.9 Å². The quantitative estimate of drug-likeness (QED) is 0.0101. The molecule has 0 aliphatic carbocycles. The van der Waals surface area contributed by atoms with Crippen LogP contribution in [0.5, 0.6) is 5.75 Å². The molecule has 0 aliphatic heterocycles. The van der Waals surface area contributed by atoms with E-state index in [4.69, 9.17) is 33.2 Å². The Bertz CT molecular complexity index is 3160. The number of amides is 7. The lowest BCUT2D eigenvalue weighted by Gasteiger charge is -2.29. The third kappa shape index (κ3) is 30.9. The van der Waals surface area contributed by atoms with Gasteiger partial charge in [-0.05, 0) is 126 Å². The van der Waals surface area contributed by atoms with Crippen LogP contribution in [0.3, 0.4) is 0 Å². The van der Waals surface area contributed by atoms with E-state index in [0.717, 1.165) is 76.9 Å². The number of aliphatic hydroxyl groups is 1. The molecule has 0 spiro atoms. The number of phosphoric acid groups is 1. The molecule has 4 rings (SSSR count). The molecule has 0 saturated carbocycles. The van der Waals surface area contributed by atoms with E-state index >= 15 is 0 Å². The first kappa shape index (κ1) is 78.7. The molecule has 1 aromatic heterocycles. The largest absolute Gasteiger partial charge is 0.508 e. The summed E-state index contributed by atoms with van der Waals surface area (Å²) in [5.41, 5.74) is 30.0. The Morgan fingerprint density at radius 1 is 0.568 bits per heavy atom. The molecule has 524 valence electrons. The number of hydrogen-bond donors (Lipinski definition) is 20. The SMILES string of the molecule is C[C@@H](OP(=O)(O)O)[C@H](NC(=O)[C@H](Cc1c[nH]c2ccccc12)NC(=O)[C@H](CO)NC(=O)[C@H](CCCN=C(N)N)NC(=O)CNC(=O)[C@H](CCCN=C(N)N)NC(=O)[C@H](Cc1ccccc1)NCCCCCCNCCCCCCN)C(=O)N[C@@H](Cc1ccc(O)cc1)C(=O)O. The standard InChI is InChI=1S/C62H96N17O15P/c1-39(94-95(91,92)93)53(59(88)77-50(60(89)90)34-41-23-25-43(81)26-24-41)79-57(86)49(35-42-36-72-45-20-10-9-19-44(42)45)76-58(87)51(38-80)78-55(84)47(22-16-32-71-62(66)67)74-52(82)37-73-54(83)46(21-15-31-70-61(64)65)75-56(85)48(33-40-17-7-6-8-18-40)69-30-14-5-4-13-29-68-28-12-3-2-11-27-63/h6-10,17-20,23-26,36,39,46-51,53,68-69,72,80-81H,2-5,11-16,21-22,27-35,37-38,63H2,1H3,(H,73,83)(H,74,82)(H,75,85)(H,76,87)(H,77,88)(H,78,84)(H,79,86)(H,89,90)(H4,64,65,70)(H4,66,67,71)(H2,91,92,93)/t39-,46+,47+,48+,49+,50+,51+,53+/m1/s1. The van der Waals surface area contributed by atoms with Crippen molar-refractivity contribution in [1.29, 1.82) is 0 Å². The summed E-state index contributed by atoms with van der Waals surface area (Å²) in [7, 11) is -5.41. The van der Waals surface area contributed by atoms with Crippen molar-refractivity contribution in [3.05, 3.63) is 102 Å². The fourth-order valence-electron chi connectivity index (χ4n) is 10.1. The van der Waals surface area contributed by atoms with Gasteiger partial charge < -0.3 is 107 Å². The van der Waals surface area contributed by atoms with Crippen LogP contribution >= 0.6 is 7.82 Å². The number of unbranched alkanes of at least 4 members (excludes halogenated alkanes) is 6. The van der Waals surface area contributed by atoms with Crippen molar-refractivity contribution in [1.82, 2.24) is 52.8 Å². The normalized spacial score (nSPS) is 13.9. The van der Waals surface area contributed by atoms with Crippen LogP contribution < -0.4 is 76.5 Å². The van der Waals surface area contributed by atoms with Crippen molar-refractivity contribution < 1.29 is 72.6 Å². The molecule has 1 heterocycles. The highest BCUT2D eigenvalue weighted by Gasteiger charge is 2.38. The van der Waals surface area contributed by atoms with Gasteiger partial charge in [0.1, 0.15) is 42.0 Å². The number of guanidine groups is 2. The molecule has 3 aromatic carbocycles. The van der Waals surface area contributed by atoms with Gasteiger partial charge in [-0.3, -0.25) is 48.1 Å². The molecule has 0 fully saturated rings. The zero-order valence-corrected chi connectivity index (χ0v) is 54.4. The number of rotatable bonds is 47. The van der Waals surface area contributed by atoms with Gasteiger partial charge in [0.2, 0.25) is 41.4 Å². The van der Waals surface area contributed by atoms with Gasteiger partial charge in [-0.1, -0.05) is 86.3 Å². The molecule has 0 bridgehead atoms. The average Bonchev–Trinajstić information content (AvgIpc) is 1.77. The summed E-state index contributed by atoms with van der Waals surface area (Å²) in [5.74, 6) is -8.98. The Kier molecular flexibility index (Phi) is 35.2. The summed E-state index contributed by atoms with van der Waals surface area (Å²) >= 11 is 0. The third-order valence-corrected chi connectivity index (χ3v) is 15.7. The second-order valence-electron chi connectivity index (χ2n) is 22.8. The Morgan fingerprint density at radius 3 is 1.68 bits per heavy atom. The van der Waals surface area contributed by atoms with Crippen LogP contribution in [0.15, 0.2) is 95.0 Å². The van der Waals surface area contributed by atoms with Crippen LogP contribution in [0.1, 0.15) is 101 Å². The summed E-state index contributed by atoms with van der Waals surface area (Å²) in [6.07, 6.45) is 7.52. The van der Waals surface area contributed by atoms with E-state index in [1.807, 2.05) is 30.3 Å². The number of carbonyl (C=O) groups is 8. The van der Waals surface area contributed by atoms with Crippen LogP contribution in [-0.2, 0) is 66.7 Å². The maximum Gasteiger partial charge on any atom is 0.469 e. The fourth-order valence-corrected chi connectivity index (χ4v) is 10.6. The fraction of sp³-hybridized carbons (Fsp3) is 0.516. The van der Waals surface area contributed by atoms with Crippen molar-refractivity contribution in [2.45, 2.75) is 152 Å². The lowest BCUT2D eigenvalue weighted by atomic mass is 10.0. The molecule has 4 aromatic rings. The van der Waals surface area contributed by atoms with E-state index in [1.165, 1.54) is 30.5 Å². The number of H-pyrrole nitrogens is 1. The van der Waals surface area contributed by atoms with E-state index in [-0.39, 0.29) is 69.3 Å². The van der Waals surface area contributed by atoms with Crippen molar-refractivity contribution >= 4 is 78.0 Å². The van der Waals surface area contributed by atoms with Gasteiger partial charge in [0.15, 0.2) is 11.9 Å². The van der Waals surface area contributed by atoms with Crippen molar-refractivity contribution in [2.75, 3.05) is 52.4 Å². The molecule has 0 saturated heterocycles. The third-order valence-electron chi connectivity index (χ3n) is 15.1. The predicted octanol–water partition coefficient (Wildman–Crippen LogP) is -1.76. The number of carbonyl (C=O) groups excluding carboxylic acids is 7. The van der Waals surface area contributed by atoms with Crippen molar-refractivity contribution in [3.8, 4) is 5.75 Å². The highest BCUT2D eigenvalue weighted by atomic mass is 31.2. The second-order valence-corrected chi connectivity index (χ2v) is 24.0. The summed E-state index contributed by atoms with van der Waals surface area (Å²) in [5, 5.41) is 55.2. The number of phenolic OH excluding ortho intramolecular Hbond substituents is 1. The van der Waals surface area contributed by atoms with Crippen LogP contribution in [0, 0.1) is 0 Å². The first-order chi connectivity index (χ1) is 45.4. The molecule has 32 nitrogen and oxygen atoms in total. The second kappa shape index (κ2) is 42.6. The number of aliphatic carboxylic acids is 1. The number of aliphatic hydroxyl groups excluding tert-OH is 1. The highest BCUT2D eigenvalue weighted by Crippen LogP contribution is 2.38. The van der Waals surface area contributed by atoms with Gasteiger partial charge in [0.05, 0.1) is 25.3 Å². The van der Waals surface area contributed by atoms with Gasteiger partial charge in [0, 0.05) is 43.0 Å². The lowest BCUT2D eigenvalue weighted by Crippen LogP contribution is -2.61. The molecular formula is C62H96N17O15P. The summed E-state index contributed by atoms with van der Waals surface area (Å²) in [6, 6.07) is 10.7. The first-order valence-electron chi connectivity index (χ1n) is 31.7. The summed E-state index contributed by atoms with van der Waals surface area (Å²) in [4.78, 5) is 142. The number of aromatic hydroxyl groups is 1. The minimum atomic E-state index is -5.41. The Hall–Kier alpha value is -8.75. The molecule has 0 aliphatic rings. The molecular weight excluding hydrogens is 1250 g/mol. The van der Waals surface area contributed by atoms with Gasteiger partial charge in [0.25, 0.3) is 0 Å². The number of fused-ring (bicyclic) bond motifs is 1. The van der Waals surface area contributed by atoms with Crippen LogP contribution in [0.2, 0.25) is 0 Å². The highest BCUT2D eigenvalue weighted by molar-refractivity contribution is 7.46. The van der Waals surface area contributed by atoms with Gasteiger partial charge in [-0.15, -0.1) is 0 Å². The van der Waals surface area contributed by atoms with Crippen LogP contribution in [-0.4, -0.2) is 190 Å². The Labute approximate surface area is 551 Å². The number of phosphoric ester groups is 1. The predicted molar refractivity (Wildman–Crippen MR) is 356 cm³/mol. The number of carboxylic acid groups (broad SMARTS) is 1. The number of carboxylic acids is 1. The van der Waals surface area contributed by atoms with Gasteiger partial charge in [-0.25, -0.2) is 9.36 Å².